The fraction of sp³-hybridized carbons (Fsp3) is 0.500. The molecule has 27 heavy (non-hydrogen) atoms. The van der Waals surface area contributed by atoms with E-state index in [-0.39, 0.29) is 11.1 Å². The van der Waals surface area contributed by atoms with E-state index in [1.807, 2.05) is 18.0 Å². The predicted octanol–water partition coefficient (Wildman–Crippen LogP) is 4.09. The van der Waals surface area contributed by atoms with Crippen LogP contribution in [0.2, 0.25) is 0 Å². The molecule has 1 saturated heterocycles. The second-order valence-electron chi connectivity index (χ2n) is 9.52. The van der Waals surface area contributed by atoms with Gasteiger partial charge in [-0.25, -0.2) is 4.99 Å². The summed E-state index contributed by atoms with van der Waals surface area (Å²) in [5.74, 6) is 0.864. The van der Waals surface area contributed by atoms with E-state index in [0.717, 1.165) is 40.2 Å². The summed E-state index contributed by atoms with van der Waals surface area (Å²) >= 11 is 0. The van der Waals surface area contributed by atoms with Crippen molar-refractivity contribution in [1.29, 1.82) is 0 Å². The van der Waals surface area contributed by atoms with Crippen molar-refractivity contribution in [3.05, 3.63) is 41.1 Å². The van der Waals surface area contributed by atoms with Crippen LogP contribution in [0.15, 0.2) is 35.0 Å². The van der Waals surface area contributed by atoms with Crippen LogP contribution >= 0.6 is 0 Å². The van der Waals surface area contributed by atoms with Gasteiger partial charge >= 0.3 is 0 Å². The molecule has 3 heterocycles. The number of aliphatic hydroxyl groups excluding tert-OH is 1. The van der Waals surface area contributed by atoms with Crippen LogP contribution in [-0.4, -0.2) is 49.7 Å². The fourth-order valence-electron chi connectivity index (χ4n) is 4.72. The molecule has 1 atom stereocenters. The number of hydrogen-bond donors (Lipinski definition) is 2. The summed E-state index contributed by atoms with van der Waals surface area (Å²) in [6, 6.07) is 6.39. The highest BCUT2D eigenvalue weighted by atomic mass is 16.3. The minimum atomic E-state index is -0.658. The van der Waals surface area contributed by atoms with Crippen LogP contribution in [0, 0.1) is 6.92 Å². The molecule has 0 saturated carbocycles. The van der Waals surface area contributed by atoms with Gasteiger partial charge in [-0.2, -0.15) is 0 Å². The molecular formula is C22H30N4O. The van der Waals surface area contributed by atoms with E-state index >= 15 is 0 Å². The molecule has 144 valence electrons. The minimum Gasteiger partial charge on any atom is -0.369 e. The van der Waals surface area contributed by atoms with Gasteiger partial charge in [0.05, 0.1) is 11.2 Å². The first-order valence-electron chi connectivity index (χ1n) is 9.63. The molecule has 0 radical (unpaired) electrons. The average molecular weight is 367 g/mol. The van der Waals surface area contributed by atoms with Gasteiger partial charge in [0.25, 0.3) is 0 Å². The number of aliphatic imine (C=N–C) groups is 1. The Kier molecular flexibility index (Phi) is 3.77. The van der Waals surface area contributed by atoms with E-state index < -0.39 is 6.23 Å². The lowest BCUT2D eigenvalue weighted by atomic mass is 9.97. The maximum absolute atomic E-state index is 11.1. The lowest BCUT2D eigenvalue weighted by molar-refractivity contribution is 0.0832. The van der Waals surface area contributed by atoms with Crippen molar-refractivity contribution in [1.82, 2.24) is 14.8 Å². The zero-order valence-electron chi connectivity index (χ0n) is 17.4. The summed E-state index contributed by atoms with van der Waals surface area (Å²) in [6.45, 7) is 15.9. The van der Waals surface area contributed by atoms with Gasteiger partial charge < -0.3 is 19.9 Å². The highest BCUT2D eigenvalue weighted by molar-refractivity contribution is 5.99. The van der Waals surface area contributed by atoms with E-state index in [1.54, 1.807) is 0 Å². The zero-order valence-corrected chi connectivity index (χ0v) is 17.4. The number of nitrogens with one attached hydrogen (secondary N) is 1. The van der Waals surface area contributed by atoms with Crippen molar-refractivity contribution >= 4 is 22.6 Å². The number of rotatable bonds is 1. The molecule has 4 rings (SSSR count). The van der Waals surface area contributed by atoms with Crippen LogP contribution in [0.3, 0.4) is 0 Å². The monoisotopic (exact) mass is 366 g/mol. The molecule has 1 aromatic heterocycles. The van der Waals surface area contributed by atoms with E-state index in [2.05, 4.69) is 69.6 Å². The Balaban J connectivity index is 1.91. The summed E-state index contributed by atoms with van der Waals surface area (Å²) in [7, 11) is 0. The first-order chi connectivity index (χ1) is 12.5. The molecule has 0 aliphatic carbocycles. The van der Waals surface area contributed by atoms with Crippen LogP contribution in [0.5, 0.6) is 0 Å². The van der Waals surface area contributed by atoms with Crippen LogP contribution < -0.4 is 0 Å². The van der Waals surface area contributed by atoms with Gasteiger partial charge in [0.1, 0.15) is 0 Å². The molecule has 1 aromatic carbocycles. The number of nitrogens with zero attached hydrogens (tertiary/aromatic N) is 3. The minimum absolute atomic E-state index is 0.0933. The molecule has 2 aliphatic rings. The van der Waals surface area contributed by atoms with Crippen LogP contribution in [-0.2, 0) is 0 Å². The molecule has 0 amide bonds. The summed E-state index contributed by atoms with van der Waals surface area (Å²) < 4.78 is 0. The summed E-state index contributed by atoms with van der Waals surface area (Å²) in [6.07, 6.45) is 1.35. The molecule has 1 fully saturated rings. The number of aryl methyl sites for hydroxylation is 1. The fourth-order valence-corrected chi connectivity index (χ4v) is 4.72. The Morgan fingerprint density at radius 1 is 1.22 bits per heavy atom. The van der Waals surface area contributed by atoms with Gasteiger partial charge in [0, 0.05) is 40.3 Å². The van der Waals surface area contributed by atoms with Gasteiger partial charge in [0.15, 0.2) is 6.23 Å². The molecule has 5 nitrogen and oxygen atoms in total. The van der Waals surface area contributed by atoms with E-state index in [4.69, 9.17) is 4.99 Å². The van der Waals surface area contributed by atoms with Crippen molar-refractivity contribution in [3.8, 4) is 0 Å². The predicted molar refractivity (Wildman–Crippen MR) is 111 cm³/mol. The van der Waals surface area contributed by atoms with Crippen molar-refractivity contribution < 1.29 is 5.11 Å². The number of aromatic amines is 1. The molecule has 2 N–H and O–H groups in total. The number of aliphatic hydroxyl groups is 1. The summed E-state index contributed by atoms with van der Waals surface area (Å²) in [4.78, 5) is 12.8. The quantitative estimate of drug-likeness (QED) is 0.799. The number of hydrogen-bond acceptors (Lipinski definition) is 4. The second-order valence-corrected chi connectivity index (χ2v) is 9.52. The molecule has 0 bridgehead atoms. The number of guanidine groups is 1. The molecule has 2 aliphatic heterocycles. The third kappa shape index (κ3) is 2.67. The number of fused-ring (bicyclic) bond motifs is 2. The Bertz CT molecular complexity index is 974. The number of H-pyrrole nitrogens is 1. The van der Waals surface area contributed by atoms with Crippen molar-refractivity contribution in [2.45, 2.75) is 65.8 Å². The maximum Gasteiger partial charge on any atom is 0.205 e. The van der Waals surface area contributed by atoms with Crippen molar-refractivity contribution in [2.24, 2.45) is 4.99 Å². The Morgan fingerprint density at radius 2 is 1.93 bits per heavy atom. The van der Waals surface area contributed by atoms with Gasteiger partial charge in [-0.15, -0.1) is 0 Å². The number of aromatic nitrogens is 1. The second kappa shape index (κ2) is 5.61. The van der Waals surface area contributed by atoms with Gasteiger partial charge in [-0.05, 0) is 60.6 Å². The van der Waals surface area contributed by atoms with Crippen LogP contribution in [0.25, 0.3) is 16.6 Å². The molecule has 0 spiro atoms. The van der Waals surface area contributed by atoms with E-state index in [9.17, 15) is 5.11 Å². The van der Waals surface area contributed by atoms with Gasteiger partial charge in [-0.3, -0.25) is 0 Å². The highest BCUT2D eigenvalue weighted by Crippen LogP contribution is 2.41. The van der Waals surface area contributed by atoms with E-state index in [0.29, 0.717) is 0 Å². The van der Waals surface area contributed by atoms with Gasteiger partial charge in [0.2, 0.25) is 5.96 Å². The first-order valence-corrected chi connectivity index (χ1v) is 9.63. The lowest BCUT2D eigenvalue weighted by Gasteiger charge is -2.43. The largest absolute Gasteiger partial charge is 0.369 e. The SMILES string of the molecule is CC1=C(c2c[nH]c3ccc(C)cc23)N=C2N(CC(C)(C)N2C(C)(C)C)C1O. The highest BCUT2D eigenvalue weighted by Gasteiger charge is 2.50. The molecular weight excluding hydrogens is 336 g/mol. The topological polar surface area (TPSA) is 54.9 Å². The maximum atomic E-state index is 11.1. The Morgan fingerprint density at radius 3 is 2.59 bits per heavy atom. The summed E-state index contributed by atoms with van der Waals surface area (Å²) in [5, 5.41) is 12.3. The Labute approximate surface area is 161 Å². The molecule has 1 unspecified atom stereocenters. The van der Waals surface area contributed by atoms with Crippen LogP contribution in [0.4, 0.5) is 0 Å². The third-order valence-electron chi connectivity index (χ3n) is 5.65. The van der Waals surface area contributed by atoms with E-state index in [1.165, 1.54) is 5.56 Å². The smallest absolute Gasteiger partial charge is 0.205 e. The zero-order chi connectivity index (χ0) is 19.7. The summed E-state index contributed by atoms with van der Waals surface area (Å²) in [5.41, 5.74) is 4.92. The third-order valence-corrected chi connectivity index (χ3v) is 5.65. The Hall–Kier alpha value is -2.27. The van der Waals surface area contributed by atoms with Crippen molar-refractivity contribution in [2.75, 3.05) is 6.54 Å². The number of benzene rings is 1. The van der Waals surface area contributed by atoms with Crippen molar-refractivity contribution in [3.63, 3.8) is 0 Å². The molecule has 5 heteroatoms. The standard InChI is InChI=1S/C22H30N4O/c1-13-8-9-17-15(10-13)16(11-23-17)18-14(2)19(27)25-12-22(6,7)26(20(25)24-18)21(3,4)5/h8-11,19,23,27H,12H2,1-7H3. The van der Waals surface area contributed by atoms with Crippen LogP contribution in [0.1, 0.15) is 52.7 Å². The first kappa shape index (κ1) is 18.1. The normalized spacial score (nSPS) is 22.5. The van der Waals surface area contributed by atoms with Gasteiger partial charge in [-0.1, -0.05) is 11.6 Å². The lowest BCUT2D eigenvalue weighted by Crippen LogP contribution is -2.54. The average Bonchev–Trinajstić information content (AvgIpc) is 3.07. The molecule has 2 aromatic rings.